The Morgan fingerprint density at radius 1 is 1.06 bits per heavy atom. The normalized spacial score (nSPS) is 14.5. The largest absolute Gasteiger partial charge is 0.508 e. The average Bonchev–Trinajstić information content (AvgIpc) is 3.31. The topological polar surface area (TPSA) is 119 Å². The molecule has 0 aliphatic heterocycles. The van der Waals surface area contributed by atoms with E-state index in [0.717, 1.165) is 36.8 Å². The van der Waals surface area contributed by atoms with Crippen LogP contribution in [-0.2, 0) is 9.59 Å². The summed E-state index contributed by atoms with van der Waals surface area (Å²) in [6.07, 6.45) is 5.23. The van der Waals surface area contributed by atoms with Crippen molar-refractivity contribution in [1.29, 1.82) is 0 Å². The SMILES string of the molecule is O=CN(O)CC(CC1CCCC1)C(=O)NCNC(=O)c1cccc(-c2cccc(O)c2)c1. The molecule has 0 spiro atoms. The van der Waals surface area contributed by atoms with E-state index in [4.69, 9.17) is 0 Å². The van der Waals surface area contributed by atoms with Crippen molar-refractivity contribution in [3.63, 3.8) is 0 Å². The fourth-order valence-corrected chi connectivity index (χ4v) is 4.17. The molecule has 0 radical (unpaired) electrons. The van der Waals surface area contributed by atoms with Crippen LogP contribution < -0.4 is 10.6 Å². The quantitative estimate of drug-likeness (QED) is 0.196. The predicted molar refractivity (Wildman–Crippen MR) is 119 cm³/mol. The van der Waals surface area contributed by atoms with E-state index in [1.807, 2.05) is 12.1 Å². The summed E-state index contributed by atoms with van der Waals surface area (Å²) in [5.74, 6) is -0.661. The molecule has 1 aliphatic rings. The van der Waals surface area contributed by atoms with E-state index in [1.54, 1.807) is 36.4 Å². The lowest BCUT2D eigenvalue weighted by Gasteiger charge is -2.22. The van der Waals surface area contributed by atoms with E-state index in [2.05, 4.69) is 10.6 Å². The number of carbonyl (C=O) groups excluding carboxylic acids is 3. The zero-order valence-electron chi connectivity index (χ0n) is 17.9. The fourth-order valence-electron chi connectivity index (χ4n) is 4.17. The van der Waals surface area contributed by atoms with Crippen molar-refractivity contribution < 1.29 is 24.7 Å². The zero-order valence-corrected chi connectivity index (χ0v) is 17.9. The standard InChI is InChI=1S/C24H29N3O5/c28-16-27(32)14-21(11-17-5-1-2-6-17)24(31)26-15-25-23(30)20-9-3-7-18(12-20)19-8-4-10-22(29)13-19/h3-4,7-10,12-13,16-17,21,29,32H,1-2,5-6,11,14-15H2,(H,25,30)(H,26,31). The van der Waals surface area contributed by atoms with E-state index < -0.39 is 5.92 Å². The maximum atomic E-state index is 12.6. The van der Waals surface area contributed by atoms with Crippen LogP contribution in [0.5, 0.6) is 5.75 Å². The Bertz CT molecular complexity index is 943. The maximum absolute atomic E-state index is 12.6. The van der Waals surface area contributed by atoms with Crippen molar-refractivity contribution >= 4 is 18.2 Å². The Balaban J connectivity index is 1.56. The summed E-state index contributed by atoms with van der Waals surface area (Å²) in [6.45, 7) is -0.145. The maximum Gasteiger partial charge on any atom is 0.252 e. The predicted octanol–water partition coefficient (Wildman–Crippen LogP) is 2.91. The van der Waals surface area contributed by atoms with Gasteiger partial charge in [-0.15, -0.1) is 0 Å². The lowest BCUT2D eigenvalue weighted by Crippen LogP contribution is -2.43. The smallest absolute Gasteiger partial charge is 0.252 e. The second kappa shape index (κ2) is 11.3. The molecule has 3 rings (SSSR count). The van der Waals surface area contributed by atoms with Crippen LogP contribution in [0, 0.1) is 11.8 Å². The molecular weight excluding hydrogens is 410 g/mol. The second-order valence-corrected chi connectivity index (χ2v) is 8.17. The Labute approximate surface area is 187 Å². The lowest BCUT2D eigenvalue weighted by molar-refractivity contribution is -0.155. The van der Waals surface area contributed by atoms with Gasteiger partial charge in [0.1, 0.15) is 5.75 Å². The molecule has 0 heterocycles. The van der Waals surface area contributed by atoms with E-state index in [1.165, 1.54) is 0 Å². The minimum absolute atomic E-state index is 0.0678. The van der Waals surface area contributed by atoms with Crippen LogP contribution in [0.4, 0.5) is 0 Å². The second-order valence-electron chi connectivity index (χ2n) is 8.17. The number of hydroxylamine groups is 2. The molecule has 0 aromatic heterocycles. The summed E-state index contributed by atoms with van der Waals surface area (Å²) < 4.78 is 0. The van der Waals surface area contributed by atoms with Gasteiger partial charge in [-0.1, -0.05) is 49.9 Å². The highest BCUT2D eigenvalue weighted by molar-refractivity contribution is 5.95. The molecular formula is C24H29N3O5. The molecule has 4 N–H and O–H groups in total. The third-order valence-corrected chi connectivity index (χ3v) is 5.81. The number of carbonyl (C=O) groups is 3. The molecule has 1 fully saturated rings. The summed E-state index contributed by atoms with van der Waals surface area (Å²) in [5, 5.41) is 25.1. The van der Waals surface area contributed by atoms with Crippen LogP contribution in [0.25, 0.3) is 11.1 Å². The van der Waals surface area contributed by atoms with Gasteiger partial charge in [-0.25, -0.2) is 5.06 Å². The highest BCUT2D eigenvalue weighted by Gasteiger charge is 2.26. The highest BCUT2D eigenvalue weighted by atomic mass is 16.5. The molecule has 2 aromatic rings. The van der Waals surface area contributed by atoms with Crippen LogP contribution in [0.2, 0.25) is 0 Å². The number of hydrogen-bond acceptors (Lipinski definition) is 5. The van der Waals surface area contributed by atoms with Gasteiger partial charge in [-0.2, -0.15) is 0 Å². The Hall–Kier alpha value is -3.39. The van der Waals surface area contributed by atoms with Crippen LogP contribution in [0.3, 0.4) is 0 Å². The van der Waals surface area contributed by atoms with E-state index >= 15 is 0 Å². The Morgan fingerprint density at radius 3 is 2.44 bits per heavy atom. The summed E-state index contributed by atoms with van der Waals surface area (Å²) in [4.78, 5) is 36.0. The molecule has 3 amide bonds. The molecule has 32 heavy (non-hydrogen) atoms. The average molecular weight is 440 g/mol. The van der Waals surface area contributed by atoms with Crippen LogP contribution in [0.1, 0.15) is 42.5 Å². The van der Waals surface area contributed by atoms with Crippen molar-refractivity contribution in [2.75, 3.05) is 13.2 Å². The number of phenolic OH excluding ortho intramolecular Hbond substituents is 1. The number of benzene rings is 2. The monoisotopic (exact) mass is 439 g/mol. The van der Waals surface area contributed by atoms with Gasteiger partial charge in [0, 0.05) is 5.56 Å². The van der Waals surface area contributed by atoms with Gasteiger partial charge in [-0.3, -0.25) is 19.6 Å². The van der Waals surface area contributed by atoms with E-state index in [9.17, 15) is 24.7 Å². The number of hydrogen-bond donors (Lipinski definition) is 4. The summed E-state index contributed by atoms with van der Waals surface area (Å²) >= 11 is 0. The minimum Gasteiger partial charge on any atom is -0.508 e. The number of nitrogens with zero attached hydrogens (tertiary/aromatic N) is 1. The third kappa shape index (κ3) is 6.55. The molecule has 1 aliphatic carbocycles. The van der Waals surface area contributed by atoms with Gasteiger partial charge < -0.3 is 15.7 Å². The van der Waals surface area contributed by atoms with Gasteiger partial charge >= 0.3 is 0 Å². The summed E-state index contributed by atoms with van der Waals surface area (Å²) in [7, 11) is 0. The molecule has 0 bridgehead atoms. The van der Waals surface area contributed by atoms with Crippen molar-refractivity contribution in [2.24, 2.45) is 11.8 Å². The summed E-state index contributed by atoms with van der Waals surface area (Å²) in [5.41, 5.74) is 1.99. The first-order valence-corrected chi connectivity index (χ1v) is 10.8. The molecule has 8 heteroatoms. The number of phenols is 1. The molecule has 8 nitrogen and oxygen atoms in total. The summed E-state index contributed by atoms with van der Waals surface area (Å²) in [6, 6.07) is 13.7. The van der Waals surface area contributed by atoms with Gasteiger partial charge in [0.25, 0.3) is 5.91 Å². The van der Waals surface area contributed by atoms with Gasteiger partial charge in [0.15, 0.2) is 0 Å². The molecule has 170 valence electrons. The van der Waals surface area contributed by atoms with E-state index in [-0.39, 0.29) is 37.2 Å². The highest BCUT2D eigenvalue weighted by Crippen LogP contribution is 2.30. The number of aromatic hydroxyl groups is 1. The van der Waals surface area contributed by atoms with Crippen LogP contribution in [0.15, 0.2) is 48.5 Å². The Kier molecular flexibility index (Phi) is 8.21. The first-order valence-electron chi connectivity index (χ1n) is 10.8. The number of amides is 3. The Morgan fingerprint density at radius 2 is 1.75 bits per heavy atom. The van der Waals surface area contributed by atoms with Crippen molar-refractivity contribution in [1.82, 2.24) is 15.7 Å². The van der Waals surface area contributed by atoms with Crippen molar-refractivity contribution in [3.8, 4) is 16.9 Å². The molecule has 1 saturated carbocycles. The van der Waals surface area contributed by atoms with Crippen LogP contribution in [-0.4, -0.2) is 46.8 Å². The molecule has 2 aromatic carbocycles. The first-order chi connectivity index (χ1) is 15.5. The van der Waals surface area contributed by atoms with Gasteiger partial charge in [-0.05, 0) is 47.7 Å². The third-order valence-electron chi connectivity index (χ3n) is 5.81. The molecule has 1 atom stereocenters. The number of rotatable bonds is 10. The zero-order chi connectivity index (χ0) is 22.9. The van der Waals surface area contributed by atoms with Gasteiger partial charge in [0.2, 0.25) is 12.3 Å². The van der Waals surface area contributed by atoms with Crippen molar-refractivity contribution in [2.45, 2.75) is 32.1 Å². The number of nitrogens with one attached hydrogen (secondary N) is 2. The minimum atomic E-state index is -0.542. The van der Waals surface area contributed by atoms with E-state index in [0.29, 0.717) is 23.0 Å². The van der Waals surface area contributed by atoms with Crippen LogP contribution >= 0.6 is 0 Å². The molecule has 1 unspecified atom stereocenters. The first kappa shape index (κ1) is 23.3. The lowest BCUT2D eigenvalue weighted by atomic mass is 9.92. The fraction of sp³-hybridized carbons (Fsp3) is 0.375. The van der Waals surface area contributed by atoms with Gasteiger partial charge in [0.05, 0.1) is 19.1 Å². The van der Waals surface area contributed by atoms with Crippen molar-refractivity contribution in [3.05, 3.63) is 54.1 Å². The molecule has 0 saturated heterocycles.